The number of nitrogen functional groups attached to an aromatic ring is 1. The molecule has 7 N–H and O–H groups in total. The molecular formula is C22H37N6O9PS. The summed E-state index contributed by atoms with van der Waals surface area (Å²) in [6.45, 7) is 8.94. The molecule has 1 unspecified atom stereocenters. The average Bonchev–Trinajstić information content (AvgIpc) is 3.32. The molecule has 220 valence electrons. The molecule has 2 aromatic rings. The smallest absolute Gasteiger partial charge is 0.395 e. The summed E-state index contributed by atoms with van der Waals surface area (Å²) in [5, 5.41) is 33.9. The van der Waals surface area contributed by atoms with Crippen LogP contribution < -0.4 is 16.4 Å². The normalized spacial score (nSPS) is 25.7. The number of nitrogens with zero attached hydrogens (tertiary/aromatic N) is 3. The Bertz CT molecular complexity index is 1290. The zero-order valence-electron chi connectivity index (χ0n) is 22.7. The second-order valence-corrected chi connectivity index (χ2v) is 13.9. The van der Waals surface area contributed by atoms with E-state index in [0.717, 1.165) is 11.8 Å². The lowest BCUT2D eigenvalue weighted by Crippen LogP contribution is -2.44. The number of rotatable bonds is 11. The molecule has 0 radical (unpaired) electrons. The van der Waals surface area contributed by atoms with Crippen molar-refractivity contribution in [2.75, 3.05) is 31.3 Å². The number of anilines is 1. The molecule has 0 aromatic carbocycles. The SMILES string of the molecule is CC(C)(C)NP(=O)(OCCSC(=O)C(C)(C)CO)OC[C@H]1O[C@@H](n2cnc3c(=O)[nH]c(N)nc32)[C@](C)(O)[C@@H]1O. The molecule has 15 nitrogen and oxygen atoms in total. The maximum Gasteiger partial charge on any atom is 0.406 e. The number of hydrogen-bond acceptors (Lipinski definition) is 13. The Morgan fingerprint density at radius 1 is 1.36 bits per heavy atom. The van der Waals surface area contributed by atoms with Crippen LogP contribution in [0.25, 0.3) is 11.2 Å². The van der Waals surface area contributed by atoms with Crippen molar-refractivity contribution >= 4 is 41.7 Å². The summed E-state index contributed by atoms with van der Waals surface area (Å²) in [6, 6.07) is 0. The minimum absolute atomic E-state index is 0.0371. The maximum absolute atomic E-state index is 13.5. The zero-order valence-corrected chi connectivity index (χ0v) is 24.4. The van der Waals surface area contributed by atoms with Gasteiger partial charge in [0.15, 0.2) is 22.5 Å². The highest BCUT2D eigenvalue weighted by atomic mass is 32.2. The van der Waals surface area contributed by atoms with Gasteiger partial charge in [0.2, 0.25) is 5.95 Å². The fraction of sp³-hybridized carbons (Fsp3) is 0.727. The van der Waals surface area contributed by atoms with Gasteiger partial charge in [0.25, 0.3) is 5.56 Å². The number of carbonyl (C=O) groups is 1. The number of nitrogens with two attached hydrogens (primary N) is 1. The Hall–Kier alpha value is -1.88. The minimum atomic E-state index is -3.99. The molecule has 0 aliphatic carbocycles. The van der Waals surface area contributed by atoms with E-state index in [2.05, 4.69) is 20.0 Å². The van der Waals surface area contributed by atoms with Crippen molar-refractivity contribution in [2.24, 2.45) is 5.41 Å². The summed E-state index contributed by atoms with van der Waals surface area (Å²) in [4.78, 5) is 34.8. The van der Waals surface area contributed by atoms with Crippen molar-refractivity contribution < 1.29 is 38.5 Å². The van der Waals surface area contributed by atoms with Crippen molar-refractivity contribution in [3.05, 3.63) is 16.7 Å². The van der Waals surface area contributed by atoms with E-state index >= 15 is 0 Å². The van der Waals surface area contributed by atoms with E-state index in [1.54, 1.807) is 34.6 Å². The molecule has 3 heterocycles. The number of imidazole rings is 1. The number of hydrogen-bond donors (Lipinski definition) is 6. The second kappa shape index (κ2) is 11.5. The van der Waals surface area contributed by atoms with E-state index in [4.69, 9.17) is 19.5 Å². The summed E-state index contributed by atoms with van der Waals surface area (Å²) in [7, 11) is -3.99. The van der Waals surface area contributed by atoms with Crippen LogP contribution in [0.15, 0.2) is 11.1 Å². The van der Waals surface area contributed by atoms with Crippen LogP contribution in [0.5, 0.6) is 0 Å². The first kappa shape index (κ1) is 31.6. The van der Waals surface area contributed by atoms with E-state index in [-0.39, 0.29) is 41.2 Å². The van der Waals surface area contributed by atoms with Gasteiger partial charge in [-0.25, -0.2) is 14.6 Å². The molecule has 39 heavy (non-hydrogen) atoms. The van der Waals surface area contributed by atoms with Crippen LogP contribution in [0.1, 0.15) is 47.8 Å². The fourth-order valence-corrected chi connectivity index (χ4v) is 6.36. The van der Waals surface area contributed by atoms with E-state index in [1.807, 2.05) is 0 Å². The molecule has 1 aliphatic heterocycles. The third-order valence-corrected chi connectivity index (χ3v) is 9.01. The number of thioether (sulfide) groups is 1. The zero-order chi connectivity index (χ0) is 29.4. The summed E-state index contributed by atoms with van der Waals surface area (Å²) in [5.41, 5.74) is 1.55. The molecule has 3 rings (SSSR count). The van der Waals surface area contributed by atoms with Gasteiger partial charge in [0, 0.05) is 11.3 Å². The number of aromatic amines is 1. The van der Waals surface area contributed by atoms with E-state index in [0.29, 0.717) is 0 Å². The van der Waals surface area contributed by atoms with Crippen molar-refractivity contribution in [2.45, 2.75) is 71.1 Å². The first-order valence-corrected chi connectivity index (χ1v) is 14.7. The van der Waals surface area contributed by atoms with Gasteiger partial charge in [-0.1, -0.05) is 11.8 Å². The molecular weight excluding hydrogens is 555 g/mol. The summed E-state index contributed by atoms with van der Waals surface area (Å²) in [5.74, 6) is -0.0116. The summed E-state index contributed by atoms with van der Waals surface area (Å²) in [6.07, 6.45) is -2.68. The van der Waals surface area contributed by atoms with Crippen molar-refractivity contribution in [3.63, 3.8) is 0 Å². The number of carbonyl (C=O) groups excluding carboxylic acids is 1. The number of ether oxygens (including phenoxy) is 1. The second-order valence-electron chi connectivity index (χ2n) is 11.1. The number of aromatic nitrogens is 4. The van der Waals surface area contributed by atoms with Gasteiger partial charge < -0.3 is 25.8 Å². The highest BCUT2D eigenvalue weighted by molar-refractivity contribution is 8.13. The highest BCUT2D eigenvalue weighted by Crippen LogP contribution is 2.48. The van der Waals surface area contributed by atoms with Gasteiger partial charge in [-0.05, 0) is 41.5 Å². The lowest BCUT2D eigenvalue weighted by molar-refractivity contribution is -0.119. The van der Waals surface area contributed by atoms with Crippen LogP contribution in [0, 0.1) is 5.41 Å². The molecule has 0 spiro atoms. The standard InChI is InChI=1S/C22H37N6O9PS/c1-20(2,3)27-38(34,35-7-8-39-18(32)21(4,5)10-29)36-9-12-14(30)22(6,33)17(37-12)28-11-24-13-15(28)25-19(23)26-16(13)31/h11-12,14,17,29-30,33H,7-10H2,1-6H3,(H,27,34)(H3,23,25,26,31)/t12-,14-,17-,22-,38?/m1/s1. The summed E-state index contributed by atoms with van der Waals surface area (Å²) >= 11 is 0.938. The van der Waals surface area contributed by atoms with E-state index in [1.165, 1.54) is 17.8 Å². The van der Waals surface area contributed by atoms with Crippen molar-refractivity contribution in [1.82, 2.24) is 24.6 Å². The van der Waals surface area contributed by atoms with Gasteiger partial charge in [-0.3, -0.25) is 28.2 Å². The molecule has 2 aromatic heterocycles. The Kier molecular flexibility index (Phi) is 9.37. The topological polar surface area (TPSA) is 224 Å². The van der Waals surface area contributed by atoms with Crippen molar-refractivity contribution in [1.29, 1.82) is 0 Å². The molecule has 0 amide bonds. The highest BCUT2D eigenvalue weighted by Gasteiger charge is 2.54. The molecule has 0 bridgehead atoms. The van der Waals surface area contributed by atoms with Crippen LogP contribution in [0.3, 0.4) is 0 Å². The third-order valence-electron chi connectivity index (χ3n) is 5.86. The van der Waals surface area contributed by atoms with Gasteiger partial charge in [0.1, 0.15) is 17.8 Å². The lowest BCUT2D eigenvalue weighted by Gasteiger charge is -2.29. The monoisotopic (exact) mass is 592 g/mol. The molecule has 17 heteroatoms. The van der Waals surface area contributed by atoms with Gasteiger partial charge in [-0.2, -0.15) is 4.98 Å². The van der Waals surface area contributed by atoms with Crippen LogP contribution >= 0.6 is 19.5 Å². The predicted octanol–water partition coefficient (Wildman–Crippen LogP) is 0.519. The van der Waals surface area contributed by atoms with Gasteiger partial charge in [0.05, 0.1) is 31.6 Å². The Morgan fingerprint density at radius 3 is 2.64 bits per heavy atom. The largest absolute Gasteiger partial charge is 0.406 e. The maximum atomic E-state index is 13.5. The van der Waals surface area contributed by atoms with Crippen LogP contribution in [-0.4, -0.2) is 88.9 Å². The van der Waals surface area contributed by atoms with E-state index in [9.17, 15) is 29.5 Å². The summed E-state index contributed by atoms with van der Waals surface area (Å²) < 4.78 is 31.9. The van der Waals surface area contributed by atoms with Gasteiger partial charge in [-0.15, -0.1) is 0 Å². The third kappa shape index (κ3) is 7.26. The first-order valence-electron chi connectivity index (χ1n) is 12.1. The van der Waals surface area contributed by atoms with Gasteiger partial charge >= 0.3 is 7.75 Å². The minimum Gasteiger partial charge on any atom is -0.395 e. The van der Waals surface area contributed by atoms with Crippen molar-refractivity contribution in [3.8, 4) is 0 Å². The molecule has 1 fully saturated rings. The molecule has 0 saturated carbocycles. The van der Waals surface area contributed by atoms with Crippen LogP contribution in [0.2, 0.25) is 0 Å². The molecule has 1 saturated heterocycles. The number of nitrogens with one attached hydrogen (secondary N) is 2. The number of aliphatic hydroxyl groups excluding tert-OH is 2. The predicted molar refractivity (Wildman–Crippen MR) is 144 cm³/mol. The van der Waals surface area contributed by atoms with Crippen LogP contribution in [0.4, 0.5) is 5.95 Å². The molecule has 1 aliphatic rings. The average molecular weight is 593 g/mol. The fourth-order valence-electron chi connectivity index (χ4n) is 3.73. The lowest BCUT2D eigenvalue weighted by atomic mass is 9.96. The number of fused-ring (bicyclic) bond motifs is 1. The number of aliphatic hydroxyl groups is 3. The van der Waals surface area contributed by atoms with Crippen LogP contribution in [-0.2, 0) is 23.1 Å². The number of H-pyrrole nitrogens is 1. The first-order chi connectivity index (χ1) is 17.9. The Labute approximate surface area is 229 Å². The Balaban J connectivity index is 1.72. The molecule has 5 atom stereocenters. The Morgan fingerprint density at radius 2 is 2.03 bits per heavy atom. The quantitative estimate of drug-likeness (QED) is 0.155. The van der Waals surface area contributed by atoms with E-state index < -0.39 is 54.9 Å².